The van der Waals surface area contributed by atoms with E-state index in [9.17, 15) is 14.0 Å². The molecule has 3 aromatic rings. The maximum Gasteiger partial charge on any atom is 0.262 e. The van der Waals surface area contributed by atoms with Crippen LogP contribution in [0.25, 0.3) is 6.08 Å². The predicted molar refractivity (Wildman–Crippen MR) is 118 cm³/mol. The van der Waals surface area contributed by atoms with Crippen molar-refractivity contribution in [3.8, 4) is 0 Å². The van der Waals surface area contributed by atoms with Crippen molar-refractivity contribution < 1.29 is 14.0 Å². The lowest BCUT2D eigenvalue weighted by Gasteiger charge is -2.19. The largest absolute Gasteiger partial charge is 0.348 e. The first kappa shape index (κ1) is 19.9. The SMILES string of the molecule is Cc1cccc(C=C2Sc3ccc(C(=O)NCc4ccc(F)cc4)cc3NC2=O)c1. The van der Waals surface area contributed by atoms with E-state index in [1.807, 2.05) is 43.3 Å². The zero-order valence-corrected chi connectivity index (χ0v) is 17.1. The average molecular weight is 418 g/mol. The van der Waals surface area contributed by atoms with E-state index in [4.69, 9.17) is 0 Å². The fourth-order valence-electron chi connectivity index (χ4n) is 3.10. The maximum atomic E-state index is 13.0. The number of carbonyl (C=O) groups excluding carboxylic acids is 2. The van der Waals surface area contributed by atoms with Crippen molar-refractivity contribution in [2.45, 2.75) is 18.4 Å². The van der Waals surface area contributed by atoms with Crippen LogP contribution in [-0.2, 0) is 11.3 Å². The smallest absolute Gasteiger partial charge is 0.262 e. The number of thioether (sulfide) groups is 1. The van der Waals surface area contributed by atoms with Gasteiger partial charge in [0.1, 0.15) is 5.82 Å². The number of nitrogens with one attached hydrogen (secondary N) is 2. The van der Waals surface area contributed by atoms with Crippen molar-refractivity contribution in [1.82, 2.24) is 5.32 Å². The van der Waals surface area contributed by atoms with Gasteiger partial charge < -0.3 is 10.6 Å². The summed E-state index contributed by atoms with van der Waals surface area (Å²) in [6, 6.07) is 19.1. The molecule has 0 bridgehead atoms. The van der Waals surface area contributed by atoms with Crippen LogP contribution in [0.15, 0.2) is 76.5 Å². The molecule has 3 aromatic carbocycles. The summed E-state index contributed by atoms with van der Waals surface area (Å²) < 4.78 is 13.0. The van der Waals surface area contributed by atoms with E-state index >= 15 is 0 Å². The number of hydrogen-bond acceptors (Lipinski definition) is 3. The van der Waals surface area contributed by atoms with E-state index in [0.29, 0.717) is 22.7 Å². The van der Waals surface area contributed by atoms with E-state index in [-0.39, 0.29) is 17.6 Å². The van der Waals surface area contributed by atoms with E-state index < -0.39 is 0 Å². The Morgan fingerprint density at radius 2 is 1.90 bits per heavy atom. The molecule has 4 nitrogen and oxygen atoms in total. The van der Waals surface area contributed by atoms with Gasteiger partial charge in [-0.2, -0.15) is 0 Å². The summed E-state index contributed by atoms with van der Waals surface area (Å²) in [6.45, 7) is 2.30. The molecule has 0 saturated heterocycles. The molecular weight excluding hydrogens is 399 g/mol. The lowest BCUT2D eigenvalue weighted by molar-refractivity contribution is -0.112. The van der Waals surface area contributed by atoms with Crippen molar-refractivity contribution in [2.24, 2.45) is 0 Å². The molecule has 0 radical (unpaired) electrons. The molecule has 2 amide bonds. The third-order valence-electron chi connectivity index (χ3n) is 4.64. The molecule has 0 unspecified atom stereocenters. The van der Waals surface area contributed by atoms with E-state index in [2.05, 4.69) is 10.6 Å². The highest BCUT2D eigenvalue weighted by Crippen LogP contribution is 2.39. The summed E-state index contributed by atoms with van der Waals surface area (Å²) in [5, 5.41) is 5.68. The summed E-state index contributed by atoms with van der Waals surface area (Å²) in [6.07, 6.45) is 1.86. The Labute approximate surface area is 178 Å². The van der Waals surface area contributed by atoms with Gasteiger partial charge in [-0.25, -0.2) is 4.39 Å². The number of hydrogen-bond donors (Lipinski definition) is 2. The van der Waals surface area contributed by atoms with Crippen LogP contribution >= 0.6 is 11.8 Å². The lowest BCUT2D eigenvalue weighted by Crippen LogP contribution is -2.23. The van der Waals surface area contributed by atoms with Gasteiger partial charge in [-0.1, -0.05) is 53.7 Å². The topological polar surface area (TPSA) is 58.2 Å². The van der Waals surface area contributed by atoms with Crippen LogP contribution in [0.3, 0.4) is 0 Å². The minimum Gasteiger partial charge on any atom is -0.348 e. The van der Waals surface area contributed by atoms with Gasteiger partial charge in [0.15, 0.2) is 0 Å². The second-order valence-electron chi connectivity index (χ2n) is 7.00. The normalized spacial score (nSPS) is 14.2. The lowest BCUT2D eigenvalue weighted by atomic mass is 10.1. The molecule has 0 aromatic heterocycles. The molecule has 0 saturated carbocycles. The standard InChI is InChI=1S/C24H19FN2O2S/c1-15-3-2-4-17(11-15)12-22-24(29)27-20-13-18(7-10-21(20)30-22)23(28)26-14-16-5-8-19(25)9-6-16/h2-13H,14H2,1H3,(H,26,28)(H,27,29). The number of aryl methyl sites for hydroxylation is 1. The van der Waals surface area contributed by atoms with Crippen molar-refractivity contribution in [3.05, 3.63) is 99.7 Å². The zero-order valence-electron chi connectivity index (χ0n) is 16.2. The number of anilines is 1. The number of halogens is 1. The molecule has 1 aliphatic rings. The van der Waals surface area contributed by atoms with Gasteiger partial charge >= 0.3 is 0 Å². The first-order valence-corrected chi connectivity index (χ1v) is 10.2. The van der Waals surface area contributed by atoms with Crippen molar-refractivity contribution in [1.29, 1.82) is 0 Å². The van der Waals surface area contributed by atoms with Crippen LogP contribution in [-0.4, -0.2) is 11.8 Å². The molecule has 0 spiro atoms. The van der Waals surface area contributed by atoms with Crippen LogP contribution in [0.2, 0.25) is 0 Å². The molecule has 6 heteroatoms. The Bertz CT molecular complexity index is 1160. The summed E-state index contributed by atoms with van der Waals surface area (Å²) >= 11 is 1.38. The summed E-state index contributed by atoms with van der Waals surface area (Å²) in [7, 11) is 0. The molecule has 2 N–H and O–H groups in total. The first-order valence-electron chi connectivity index (χ1n) is 9.42. The second-order valence-corrected chi connectivity index (χ2v) is 8.08. The van der Waals surface area contributed by atoms with Gasteiger partial charge in [0, 0.05) is 17.0 Å². The molecule has 4 rings (SSSR count). The summed E-state index contributed by atoms with van der Waals surface area (Å²) in [4.78, 5) is 26.5. The summed E-state index contributed by atoms with van der Waals surface area (Å²) in [5.74, 6) is -0.774. The van der Waals surface area contributed by atoms with Crippen LogP contribution in [0.1, 0.15) is 27.0 Å². The molecule has 150 valence electrons. The van der Waals surface area contributed by atoms with Crippen molar-refractivity contribution in [2.75, 3.05) is 5.32 Å². The second kappa shape index (κ2) is 8.55. The molecule has 0 fully saturated rings. The Kier molecular flexibility index (Phi) is 5.68. The molecule has 30 heavy (non-hydrogen) atoms. The minimum atomic E-state index is -0.316. The predicted octanol–water partition coefficient (Wildman–Crippen LogP) is 5.15. The van der Waals surface area contributed by atoms with Crippen molar-refractivity contribution in [3.63, 3.8) is 0 Å². The number of fused-ring (bicyclic) bond motifs is 1. The first-order chi connectivity index (χ1) is 14.5. The fraction of sp³-hybridized carbons (Fsp3) is 0.0833. The third kappa shape index (κ3) is 4.60. The van der Waals surface area contributed by atoms with Gasteiger partial charge in [-0.05, 0) is 54.5 Å². The fourth-order valence-corrected chi connectivity index (χ4v) is 4.03. The summed E-state index contributed by atoms with van der Waals surface area (Å²) in [5.41, 5.74) is 3.95. The zero-order chi connectivity index (χ0) is 21.1. The quantitative estimate of drug-likeness (QED) is 0.576. The van der Waals surface area contributed by atoms with Crippen molar-refractivity contribution >= 4 is 35.3 Å². The van der Waals surface area contributed by atoms with Gasteiger partial charge in [0.25, 0.3) is 11.8 Å². The molecule has 1 aliphatic heterocycles. The molecule has 0 atom stereocenters. The Hall–Kier alpha value is -3.38. The average Bonchev–Trinajstić information content (AvgIpc) is 2.73. The Morgan fingerprint density at radius 3 is 2.67 bits per heavy atom. The van der Waals surface area contributed by atoms with Crippen LogP contribution in [0.4, 0.5) is 10.1 Å². The van der Waals surface area contributed by atoms with Crippen LogP contribution < -0.4 is 10.6 Å². The maximum absolute atomic E-state index is 13.0. The van der Waals surface area contributed by atoms with Gasteiger partial charge in [-0.3, -0.25) is 9.59 Å². The van der Waals surface area contributed by atoms with E-state index in [0.717, 1.165) is 21.6 Å². The highest BCUT2D eigenvalue weighted by molar-refractivity contribution is 8.04. The van der Waals surface area contributed by atoms with E-state index in [1.165, 1.54) is 23.9 Å². The van der Waals surface area contributed by atoms with Gasteiger partial charge in [-0.15, -0.1) is 0 Å². The number of carbonyl (C=O) groups is 2. The Balaban J connectivity index is 1.48. The third-order valence-corrected chi connectivity index (χ3v) is 5.74. The number of amides is 2. The van der Waals surface area contributed by atoms with Crippen LogP contribution in [0, 0.1) is 12.7 Å². The highest BCUT2D eigenvalue weighted by Gasteiger charge is 2.22. The number of benzene rings is 3. The van der Waals surface area contributed by atoms with Gasteiger partial charge in [0.05, 0.1) is 10.6 Å². The number of rotatable bonds is 4. The molecule has 1 heterocycles. The Morgan fingerprint density at radius 1 is 1.10 bits per heavy atom. The molecule has 0 aliphatic carbocycles. The van der Waals surface area contributed by atoms with Crippen LogP contribution in [0.5, 0.6) is 0 Å². The van der Waals surface area contributed by atoms with E-state index in [1.54, 1.807) is 24.3 Å². The minimum absolute atomic E-state index is 0.196. The molecular formula is C24H19FN2O2S. The highest BCUT2D eigenvalue weighted by atomic mass is 32.2. The monoisotopic (exact) mass is 418 g/mol. The van der Waals surface area contributed by atoms with Gasteiger partial charge in [0.2, 0.25) is 0 Å².